The predicted octanol–water partition coefficient (Wildman–Crippen LogP) is 0.475. The fraction of sp³-hybridized carbons (Fsp3) is 0.636. The first-order valence-corrected chi connectivity index (χ1v) is 5.40. The minimum absolute atomic E-state index is 0.0661. The maximum absolute atomic E-state index is 11.1. The van der Waals surface area contributed by atoms with Crippen molar-refractivity contribution in [3.05, 3.63) is 11.6 Å². The van der Waals surface area contributed by atoms with Gasteiger partial charge in [-0.25, -0.2) is 4.79 Å². The number of carboxylic acids is 1. The summed E-state index contributed by atoms with van der Waals surface area (Å²) in [5, 5.41) is 11.4. The van der Waals surface area contributed by atoms with E-state index in [9.17, 15) is 9.59 Å². The molecule has 92 valence electrons. The zero-order chi connectivity index (χ0) is 12.6. The molecule has 0 aromatic heterocycles. The topological polar surface area (TPSA) is 69.6 Å². The van der Waals surface area contributed by atoms with Crippen LogP contribution in [0.1, 0.15) is 20.3 Å². The van der Waals surface area contributed by atoms with E-state index >= 15 is 0 Å². The molecule has 0 aliphatic rings. The fourth-order valence-electron chi connectivity index (χ4n) is 1.21. The van der Waals surface area contributed by atoms with Crippen molar-refractivity contribution in [1.29, 1.82) is 0 Å². The van der Waals surface area contributed by atoms with Crippen LogP contribution in [0.4, 0.5) is 0 Å². The van der Waals surface area contributed by atoms with Crippen LogP contribution >= 0.6 is 0 Å². The molecule has 0 bridgehead atoms. The Balaban J connectivity index is 4.32. The van der Waals surface area contributed by atoms with E-state index in [4.69, 9.17) is 5.11 Å². The number of carbonyl (C=O) groups excluding carboxylic acids is 1. The molecule has 0 heterocycles. The average Bonchev–Trinajstić information content (AvgIpc) is 2.27. The predicted molar refractivity (Wildman–Crippen MR) is 62.2 cm³/mol. The zero-order valence-electron chi connectivity index (χ0n) is 10.1. The number of nitrogens with one attached hydrogen (secondary N) is 1. The highest BCUT2D eigenvalue weighted by Crippen LogP contribution is 2.01. The Morgan fingerprint density at radius 3 is 2.38 bits per heavy atom. The Hall–Kier alpha value is -1.36. The molecule has 0 fully saturated rings. The summed E-state index contributed by atoms with van der Waals surface area (Å²) in [4.78, 5) is 23.8. The van der Waals surface area contributed by atoms with Crippen molar-refractivity contribution in [1.82, 2.24) is 10.2 Å². The first-order valence-electron chi connectivity index (χ1n) is 5.40. The minimum Gasteiger partial charge on any atom is -0.478 e. The summed E-state index contributed by atoms with van der Waals surface area (Å²) >= 11 is 0. The van der Waals surface area contributed by atoms with Crippen molar-refractivity contribution in [2.75, 3.05) is 26.7 Å². The molecule has 0 radical (unpaired) electrons. The quantitative estimate of drug-likeness (QED) is 0.622. The standard InChI is InChI=1S/C11H20N2O3/c1-4-9(11(15)16)6-7-13(5-2)8-10(14)12-3/h6H,4-5,7-8H2,1-3H3,(H,12,14)(H,15,16). The van der Waals surface area contributed by atoms with E-state index in [1.807, 2.05) is 11.8 Å². The second kappa shape index (κ2) is 7.87. The molecule has 0 aliphatic heterocycles. The van der Waals surface area contributed by atoms with Crippen molar-refractivity contribution in [2.45, 2.75) is 20.3 Å². The summed E-state index contributed by atoms with van der Waals surface area (Å²) in [7, 11) is 1.58. The van der Waals surface area contributed by atoms with Crippen LogP contribution in [-0.4, -0.2) is 48.6 Å². The van der Waals surface area contributed by atoms with Crippen LogP contribution in [0.2, 0.25) is 0 Å². The SMILES string of the molecule is CCC(=CCN(CC)CC(=O)NC)C(=O)O. The molecule has 0 aromatic rings. The van der Waals surface area contributed by atoms with Crippen LogP contribution < -0.4 is 5.32 Å². The van der Waals surface area contributed by atoms with Crippen molar-refractivity contribution < 1.29 is 14.7 Å². The highest BCUT2D eigenvalue weighted by atomic mass is 16.4. The minimum atomic E-state index is -0.890. The third-order valence-electron chi connectivity index (χ3n) is 2.34. The van der Waals surface area contributed by atoms with E-state index in [0.717, 1.165) is 0 Å². The van der Waals surface area contributed by atoms with Crippen molar-refractivity contribution >= 4 is 11.9 Å². The Bertz CT molecular complexity index is 274. The molecule has 16 heavy (non-hydrogen) atoms. The fourth-order valence-corrected chi connectivity index (χ4v) is 1.21. The van der Waals surface area contributed by atoms with Gasteiger partial charge in [0.05, 0.1) is 6.54 Å². The van der Waals surface area contributed by atoms with Gasteiger partial charge in [-0.05, 0) is 13.0 Å². The summed E-state index contributed by atoms with van der Waals surface area (Å²) in [5.74, 6) is -0.956. The molecule has 0 aliphatic carbocycles. The van der Waals surface area contributed by atoms with Crippen molar-refractivity contribution in [2.24, 2.45) is 0 Å². The molecule has 0 spiro atoms. The summed E-state index contributed by atoms with van der Waals surface area (Å²) in [5.41, 5.74) is 0.385. The monoisotopic (exact) mass is 228 g/mol. The lowest BCUT2D eigenvalue weighted by Crippen LogP contribution is -2.35. The van der Waals surface area contributed by atoms with Gasteiger partial charge in [0.1, 0.15) is 0 Å². The number of carboxylic acid groups (broad SMARTS) is 1. The van der Waals surface area contributed by atoms with E-state index in [2.05, 4.69) is 5.32 Å². The van der Waals surface area contributed by atoms with Gasteiger partial charge in [-0.3, -0.25) is 9.69 Å². The van der Waals surface area contributed by atoms with Crippen LogP contribution in [0.25, 0.3) is 0 Å². The Morgan fingerprint density at radius 2 is 2.00 bits per heavy atom. The van der Waals surface area contributed by atoms with Crippen LogP contribution in [0, 0.1) is 0 Å². The normalized spacial score (nSPS) is 11.6. The molecule has 5 nitrogen and oxygen atoms in total. The van der Waals surface area contributed by atoms with Crippen LogP contribution in [0.5, 0.6) is 0 Å². The van der Waals surface area contributed by atoms with Gasteiger partial charge in [0.15, 0.2) is 0 Å². The number of rotatable bonds is 7. The number of hydrogen-bond donors (Lipinski definition) is 2. The lowest BCUT2D eigenvalue weighted by molar-refractivity contribution is -0.132. The molecular weight excluding hydrogens is 208 g/mol. The molecule has 0 aromatic carbocycles. The van der Waals surface area contributed by atoms with E-state index in [1.54, 1.807) is 20.0 Å². The molecule has 0 unspecified atom stereocenters. The highest BCUT2D eigenvalue weighted by molar-refractivity contribution is 5.86. The Kier molecular flexibility index (Phi) is 7.20. The molecule has 0 saturated heterocycles. The van der Waals surface area contributed by atoms with Crippen LogP contribution in [0.3, 0.4) is 0 Å². The van der Waals surface area contributed by atoms with Crippen molar-refractivity contribution in [3.63, 3.8) is 0 Å². The first kappa shape index (κ1) is 14.6. The maximum Gasteiger partial charge on any atom is 0.331 e. The van der Waals surface area contributed by atoms with E-state index in [-0.39, 0.29) is 5.91 Å². The third kappa shape index (κ3) is 5.50. The molecule has 2 N–H and O–H groups in total. The molecule has 0 rings (SSSR count). The number of carbonyl (C=O) groups is 2. The second-order valence-electron chi connectivity index (χ2n) is 3.39. The van der Waals surface area contributed by atoms with E-state index in [0.29, 0.717) is 31.6 Å². The third-order valence-corrected chi connectivity index (χ3v) is 2.34. The number of amides is 1. The van der Waals surface area contributed by atoms with Gasteiger partial charge in [-0.1, -0.05) is 19.9 Å². The highest BCUT2D eigenvalue weighted by Gasteiger charge is 2.08. The number of hydrogen-bond acceptors (Lipinski definition) is 3. The maximum atomic E-state index is 11.1. The molecular formula is C11H20N2O3. The number of aliphatic carboxylic acids is 1. The number of nitrogens with zero attached hydrogens (tertiary/aromatic N) is 1. The Labute approximate surface area is 96.1 Å². The second-order valence-corrected chi connectivity index (χ2v) is 3.39. The molecule has 0 atom stereocenters. The lowest BCUT2D eigenvalue weighted by atomic mass is 10.2. The van der Waals surface area contributed by atoms with Crippen molar-refractivity contribution in [3.8, 4) is 0 Å². The lowest BCUT2D eigenvalue weighted by Gasteiger charge is -2.17. The van der Waals surface area contributed by atoms with E-state index < -0.39 is 5.97 Å². The van der Waals surface area contributed by atoms with Gasteiger partial charge in [-0.2, -0.15) is 0 Å². The van der Waals surface area contributed by atoms with Gasteiger partial charge >= 0.3 is 5.97 Å². The van der Waals surface area contributed by atoms with Gasteiger partial charge in [-0.15, -0.1) is 0 Å². The Morgan fingerprint density at radius 1 is 1.38 bits per heavy atom. The van der Waals surface area contributed by atoms with Gasteiger partial charge in [0.2, 0.25) is 5.91 Å². The first-order chi connectivity index (χ1) is 7.54. The molecule has 5 heteroatoms. The van der Waals surface area contributed by atoms with Gasteiger partial charge in [0, 0.05) is 19.2 Å². The van der Waals surface area contributed by atoms with Crippen LogP contribution in [-0.2, 0) is 9.59 Å². The smallest absolute Gasteiger partial charge is 0.331 e. The summed E-state index contributed by atoms with van der Waals surface area (Å²) in [6.07, 6.45) is 2.15. The van der Waals surface area contributed by atoms with E-state index in [1.165, 1.54) is 0 Å². The molecule has 1 amide bonds. The van der Waals surface area contributed by atoms with Gasteiger partial charge in [0.25, 0.3) is 0 Å². The summed E-state index contributed by atoms with van der Waals surface area (Å²) in [6.45, 7) is 5.22. The average molecular weight is 228 g/mol. The summed E-state index contributed by atoms with van der Waals surface area (Å²) in [6, 6.07) is 0. The van der Waals surface area contributed by atoms with Gasteiger partial charge < -0.3 is 10.4 Å². The molecule has 0 saturated carbocycles. The number of likely N-dealkylation sites (N-methyl/N-ethyl adjacent to an activating group) is 2. The largest absolute Gasteiger partial charge is 0.478 e. The summed E-state index contributed by atoms with van der Waals surface area (Å²) < 4.78 is 0. The van der Waals surface area contributed by atoms with Crippen LogP contribution in [0.15, 0.2) is 11.6 Å². The zero-order valence-corrected chi connectivity index (χ0v) is 10.1.